The van der Waals surface area contributed by atoms with E-state index in [0.29, 0.717) is 25.4 Å². The normalized spacial score (nSPS) is 15.4. The van der Waals surface area contributed by atoms with E-state index >= 15 is 0 Å². The number of rotatable bonds is 6. The van der Waals surface area contributed by atoms with E-state index in [2.05, 4.69) is 0 Å². The van der Waals surface area contributed by atoms with Gasteiger partial charge in [0.25, 0.3) is 0 Å². The van der Waals surface area contributed by atoms with Crippen LogP contribution in [-0.4, -0.2) is 56.3 Å². The van der Waals surface area contributed by atoms with Crippen molar-refractivity contribution in [1.29, 1.82) is 0 Å². The molecule has 3 rings (SSSR count). The van der Waals surface area contributed by atoms with Crippen molar-refractivity contribution in [2.24, 2.45) is 0 Å². The van der Waals surface area contributed by atoms with Gasteiger partial charge >= 0.3 is 0 Å². The van der Waals surface area contributed by atoms with Gasteiger partial charge in [0.15, 0.2) is 0 Å². The lowest BCUT2D eigenvalue weighted by atomic mass is 10.2. The molecule has 7 nitrogen and oxygen atoms in total. The van der Waals surface area contributed by atoms with Crippen molar-refractivity contribution >= 4 is 21.6 Å². The molecule has 1 saturated heterocycles. The summed E-state index contributed by atoms with van der Waals surface area (Å²) >= 11 is 0. The molecule has 150 valence electrons. The zero-order valence-electron chi connectivity index (χ0n) is 15.9. The summed E-state index contributed by atoms with van der Waals surface area (Å²) in [6.45, 7) is 3.55. The second kappa shape index (κ2) is 8.62. The number of para-hydroxylation sites is 1. The second-order valence-corrected chi connectivity index (χ2v) is 8.66. The molecule has 2 aromatic rings. The molecular formula is C20H25N3O4S. The predicted octanol–water partition coefficient (Wildman–Crippen LogP) is 1.88. The molecule has 0 spiro atoms. The van der Waals surface area contributed by atoms with Crippen LogP contribution in [0.1, 0.15) is 12.0 Å². The zero-order chi connectivity index (χ0) is 20.1. The number of sulfonamides is 1. The summed E-state index contributed by atoms with van der Waals surface area (Å²) in [6, 6.07) is 13.8. The van der Waals surface area contributed by atoms with Crippen LogP contribution in [0.25, 0.3) is 0 Å². The van der Waals surface area contributed by atoms with E-state index in [-0.39, 0.29) is 30.3 Å². The van der Waals surface area contributed by atoms with E-state index < -0.39 is 10.0 Å². The molecule has 1 heterocycles. The van der Waals surface area contributed by atoms with E-state index in [1.54, 1.807) is 17.0 Å². The van der Waals surface area contributed by atoms with E-state index in [9.17, 15) is 13.2 Å². The number of piperazine rings is 1. The van der Waals surface area contributed by atoms with Crippen LogP contribution in [0.3, 0.4) is 0 Å². The van der Waals surface area contributed by atoms with E-state index in [4.69, 9.17) is 10.5 Å². The summed E-state index contributed by atoms with van der Waals surface area (Å²) in [4.78, 5) is 14.3. The summed E-state index contributed by atoms with van der Waals surface area (Å²) < 4.78 is 32.5. The Balaban J connectivity index is 1.50. The highest BCUT2D eigenvalue weighted by Gasteiger charge is 2.29. The maximum atomic E-state index is 12.7. The first-order valence-corrected chi connectivity index (χ1v) is 10.6. The number of benzene rings is 2. The van der Waals surface area contributed by atoms with Crippen LogP contribution in [0, 0.1) is 6.92 Å². The van der Waals surface area contributed by atoms with Gasteiger partial charge in [0.1, 0.15) is 5.75 Å². The molecule has 0 saturated carbocycles. The molecule has 28 heavy (non-hydrogen) atoms. The van der Waals surface area contributed by atoms with Crippen molar-refractivity contribution < 1.29 is 17.9 Å². The van der Waals surface area contributed by atoms with Gasteiger partial charge < -0.3 is 15.4 Å². The summed E-state index contributed by atoms with van der Waals surface area (Å²) in [6.07, 6.45) is 0.263. The number of aryl methyl sites for hydroxylation is 1. The molecule has 0 unspecified atom stereocenters. The number of hydrogen-bond acceptors (Lipinski definition) is 5. The first kappa shape index (κ1) is 20.2. The minimum absolute atomic E-state index is 0.0295. The van der Waals surface area contributed by atoms with Crippen LogP contribution < -0.4 is 10.5 Å². The van der Waals surface area contributed by atoms with Crippen LogP contribution in [-0.2, 0) is 14.8 Å². The molecule has 1 aliphatic heterocycles. The van der Waals surface area contributed by atoms with E-state index in [1.165, 1.54) is 16.4 Å². The Morgan fingerprint density at radius 1 is 1.04 bits per heavy atom. The Bertz CT molecular complexity index is 921. The number of amides is 1. The molecule has 0 bridgehead atoms. The zero-order valence-corrected chi connectivity index (χ0v) is 16.7. The third-order valence-electron chi connectivity index (χ3n) is 4.78. The van der Waals surface area contributed by atoms with Crippen molar-refractivity contribution in [2.75, 3.05) is 38.5 Å². The summed E-state index contributed by atoms with van der Waals surface area (Å²) in [5, 5.41) is 0. The van der Waals surface area contributed by atoms with Gasteiger partial charge in [-0.3, -0.25) is 4.79 Å². The fraction of sp³-hybridized carbons (Fsp3) is 0.350. The Hall–Kier alpha value is -2.58. The third kappa shape index (κ3) is 4.63. The molecule has 2 N–H and O–H groups in total. The average Bonchev–Trinajstić information content (AvgIpc) is 2.70. The van der Waals surface area contributed by atoms with Crippen LogP contribution in [0.5, 0.6) is 5.75 Å². The lowest BCUT2D eigenvalue weighted by molar-refractivity contribution is -0.132. The highest BCUT2D eigenvalue weighted by molar-refractivity contribution is 7.89. The van der Waals surface area contributed by atoms with Crippen molar-refractivity contribution in [3.63, 3.8) is 0 Å². The number of carbonyl (C=O) groups excluding carboxylic acids is 1. The molecule has 0 atom stereocenters. The average molecular weight is 404 g/mol. The molecule has 1 fully saturated rings. The number of ether oxygens (including phenoxy) is 1. The molecule has 0 aromatic heterocycles. The van der Waals surface area contributed by atoms with Crippen LogP contribution in [0.4, 0.5) is 5.69 Å². The number of anilines is 1. The van der Waals surface area contributed by atoms with E-state index in [1.807, 2.05) is 31.2 Å². The van der Waals surface area contributed by atoms with Crippen LogP contribution >= 0.6 is 0 Å². The minimum Gasteiger partial charge on any atom is -0.493 e. The van der Waals surface area contributed by atoms with Crippen molar-refractivity contribution in [3.05, 3.63) is 54.1 Å². The Labute approximate surface area is 165 Å². The number of carbonyl (C=O) groups is 1. The van der Waals surface area contributed by atoms with Gasteiger partial charge in [-0.15, -0.1) is 0 Å². The largest absolute Gasteiger partial charge is 0.493 e. The van der Waals surface area contributed by atoms with Gasteiger partial charge in [-0.1, -0.05) is 18.2 Å². The van der Waals surface area contributed by atoms with Crippen LogP contribution in [0.2, 0.25) is 0 Å². The number of hydrogen-bond donors (Lipinski definition) is 1. The molecule has 2 aromatic carbocycles. The highest BCUT2D eigenvalue weighted by Crippen LogP contribution is 2.20. The molecule has 1 aliphatic rings. The SMILES string of the molecule is Cc1ccccc1OCCC(=O)N1CCN(S(=O)(=O)c2ccc(N)cc2)CC1. The number of nitrogens with zero attached hydrogens (tertiary/aromatic N) is 2. The fourth-order valence-corrected chi connectivity index (χ4v) is 4.51. The summed E-state index contributed by atoms with van der Waals surface area (Å²) in [5.41, 5.74) is 7.16. The molecular weight excluding hydrogens is 378 g/mol. The predicted molar refractivity (Wildman–Crippen MR) is 107 cm³/mol. The number of nitrogen functional groups attached to an aromatic ring is 1. The molecule has 0 radical (unpaired) electrons. The standard InChI is InChI=1S/C20H25N3O4S/c1-16-4-2-3-5-19(16)27-15-10-20(24)22-11-13-23(14-12-22)28(25,26)18-8-6-17(21)7-9-18/h2-9H,10-15,21H2,1H3. The first-order chi connectivity index (χ1) is 13.4. The summed E-state index contributed by atoms with van der Waals surface area (Å²) in [7, 11) is -3.57. The Kier molecular flexibility index (Phi) is 6.21. The Morgan fingerprint density at radius 2 is 1.68 bits per heavy atom. The maximum Gasteiger partial charge on any atom is 0.243 e. The maximum absolute atomic E-state index is 12.7. The molecule has 1 amide bonds. The lowest BCUT2D eigenvalue weighted by Gasteiger charge is -2.34. The third-order valence-corrected chi connectivity index (χ3v) is 6.69. The Morgan fingerprint density at radius 3 is 2.32 bits per heavy atom. The molecule has 8 heteroatoms. The van der Waals surface area contributed by atoms with Gasteiger partial charge in [-0.2, -0.15) is 4.31 Å². The first-order valence-electron chi connectivity index (χ1n) is 9.20. The van der Waals surface area contributed by atoms with Gasteiger partial charge in [0.05, 0.1) is 17.9 Å². The van der Waals surface area contributed by atoms with E-state index in [0.717, 1.165) is 11.3 Å². The smallest absolute Gasteiger partial charge is 0.243 e. The van der Waals surface area contributed by atoms with Gasteiger partial charge in [0.2, 0.25) is 15.9 Å². The van der Waals surface area contributed by atoms with Gasteiger partial charge in [-0.05, 0) is 42.8 Å². The van der Waals surface area contributed by atoms with Crippen LogP contribution in [0.15, 0.2) is 53.4 Å². The van der Waals surface area contributed by atoms with Crippen molar-refractivity contribution in [3.8, 4) is 5.75 Å². The highest BCUT2D eigenvalue weighted by atomic mass is 32.2. The second-order valence-electron chi connectivity index (χ2n) is 6.72. The van der Waals surface area contributed by atoms with Gasteiger partial charge in [-0.25, -0.2) is 8.42 Å². The van der Waals surface area contributed by atoms with Gasteiger partial charge in [0, 0.05) is 31.9 Å². The summed E-state index contributed by atoms with van der Waals surface area (Å²) in [5.74, 6) is 0.743. The topological polar surface area (TPSA) is 92.9 Å². The minimum atomic E-state index is -3.57. The number of nitrogens with two attached hydrogens (primary N) is 1. The van der Waals surface area contributed by atoms with Crippen molar-refractivity contribution in [2.45, 2.75) is 18.2 Å². The monoisotopic (exact) mass is 403 g/mol. The lowest BCUT2D eigenvalue weighted by Crippen LogP contribution is -2.50. The molecule has 0 aliphatic carbocycles. The quantitative estimate of drug-likeness (QED) is 0.744. The van der Waals surface area contributed by atoms with Crippen molar-refractivity contribution in [1.82, 2.24) is 9.21 Å². The fourth-order valence-electron chi connectivity index (χ4n) is 3.09.